The summed E-state index contributed by atoms with van der Waals surface area (Å²) in [4.78, 5) is 14.9. The molecule has 4 nitrogen and oxygen atoms in total. The summed E-state index contributed by atoms with van der Waals surface area (Å²) in [5, 5.41) is 6.95. The lowest BCUT2D eigenvalue weighted by molar-refractivity contribution is 0.673. The van der Waals surface area contributed by atoms with Crippen LogP contribution in [-0.4, -0.2) is 15.0 Å². The van der Waals surface area contributed by atoms with Gasteiger partial charge < -0.3 is 4.42 Å². The maximum Gasteiger partial charge on any atom is 0.164 e. The Balaban J connectivity index is 1.04. The van der Waals surface area contributed by atoms with Crippen LogP contribution in [0.4, 0.5) is 0 Å². The standard InChI is InChI=1S/C53H33N3O/c1-3-15-35(16-4-1)51-54-52(36-17-5-2-6-18-36)56-53(55-51)42-23-12-21-39(32-42)38-20-11-22-40(31-38)43-26-13-27-48-49(43)47-33-46(44-24-9-10-25-45(44)50(47)57-48)41-29-28-34-14-7-8-19-37(34)30-41/h1-33H. The molecule has 0 bridgehead atoms. The first kappa shape index (κ1) is 32.7. The molecule has 0 spiro atoms. The molecule has 0 radical (unpaired) electrons. The molecule has 0 unspecified atom stereocenters. The van der Waals surface area contributed by atoms with Crippen LogP contribution in [0.1, 0.15) is 0 Å². The molecule has 2 heterocycles. The van der Waals surface area contributed by atoms with E-state index in [0.29, 0.717) is 17.5 Å². The number of fused-ring (bicyclic) bond motifs is 6. The van der Waals surface area contributed by atoms with E-state index in [4.69, 9.17) is 19.4 Å². The van der Waals surface area contributed by atoms with Crippen molar-refractivity contribution in [2.45, 2.75) is 0 Å². The first-order chi connectivity index (χ1) is 28.2. The van der Waals surface area contributed by atoms with Crippen LogP contribution in [0.25, 0.3) is 111 Å². The third-order valence-corrected chi connectivity index (χ3v) is 10.9. The highest BCUT2D eigenvalue weighted by atomic mass is 16.3. The Kier molecular flexibility index (Phi) is 7.78. The monoisotopic (exact) mass is 727 g/mol. The summed E-state index contributed by atoms with van der Waals surface area (Å²) in [6.07, 6.45) is 0. The van der Waals surface area contributed by atoms with Gasteiger partial charge in [-0.2, -0.15) is 0 Å². The highest BCUT2D eigenvalue weighted by Crippen LogP contribution is 2.44. The number of hydrogen-bond donors (Lipinski definition) is 0. The Morgan fingerprint density at radius 3 is 1.54 bits per heavy atom. The van der Waals surface area contributed by atoms with Gasteiger partial charge in [0, 0.05) is 32.8 Å². The van der Waals surface area contributed by atoms with Gasteiger partial charge in [-0.1, -0.05) is 170 Å². The largest absolute Gasteiger partial charge is 0.455 e. The van der Waals surface area contributed by atoms with Crippen LogP contribution in [0.3, 0.4) is 0 Å². The van der Waals surface area contributed by atoms with Crippen LogP contribution >= 0.6 is 0 Å². The average molecular weight is 728 g/mol. The molecule has 4 heteroatoms. The molecule has 0 fully saturated rings. The SMILES string of the molecule is c1ccc(-c2nc(-c3ccccc3)nc(-c3cccc(-c4cccc(-c5cccc6oc7c8ccccc8c(-c8ccc9ccccc9c8)cc7c56)c4)c3)n2)cc1. The molecule has 0 atom stereocenters. The van der Waals surface area contributed by atoms with Gasteiger partial charge in [0.2, 0.25) is 0 Å². The van der Waals surface area contributed by atoms with Crippen LogP contribution in [0.2, 0.25) is 0 Å². The van der Waals surface area contributed by atoms with Crippen LogP contribution < -0.4 is 0 Å². The van der Waals surface area contributed by atoms with Gasteiger partial charge in [0.05, 0.1) is 0 Å². The van der Waals surface area contributed by atoms with Crippen molar-refractivity contribution in [2.24, 2.45) is 0 Å². The van der Waals surface area contributed by atoms with Gasteiger partial charge in [-0.3, -0.25) is 0 Å². The summed E-state index contributed by atoms with van der Waals surface area (Å²) in [6.45, 7) is 0. The molecule has 9 aromatic carbocycles. The Hall–Kier alpha value is -7.69. The molecule has 0 N–H and O–H groups in total. The third-order valence-electron chi connectivity index (χ3n) is 10.9. The zero-order valence-electron chi connectivity index (χ0n) is 30.8. The first-order valence-electron chi connectivity index (χ1n) is 19.2. The third kappa shape index (κ3) is 5.83. The van der Waals surface area contributed by atoms with Crippen molar-refractivity contribution in [1.82, 2.24) is 15.0 Å². The molecular weight excluding hydrogens is 695 g/mol. The van der Waals surface area contributed by atoms with Crippen LogP contribution in [0.15, 0.2) is 205 Å². The van der Waals surface area contributed by atoms with E-state index < -0.39 is 0 Å². The second-order valence-corrected chi connectivity index (χ2v) is 14.4. The number of furan rings is 1. The zero-order chi connectivity index (χ0) is 37.7. The van der Waals surface area contributed by atoms with E-state index in [2.05, 4.69) is 140 Å². The molecule has 0 amide bonds. The first-order valence-corrected chi connectivity index (χ1v) is 19.2. The van der Waals surface area contributed by atoms with Crippen LogP contribution in [0, 0.1) is 0 Å². The maximum atomic E-state index is 6.73. The average Bonchev–Trinajstić information content (AvgIpc) is 3.68. The fraction of sp³-hybridized carbons (Fsp3) is 0. The minimum Gasteiger partial charge on any atom is -0.455 e. The second kappa shape index (κ2) is 13.6. The van der Waals surface area contributed by atoms with Crippen molar-refractivity contribution >= 4 is 43.5 Å². The lowest BCUT2D eigenvalue weighted by atomic mass is 9.92. The number of rotatable bonds is 6. The van der Waals surface area contributed by atoms with Gasteiger partial charge in [0.15, 0.2) is 17.5 Å². The van der Waals surface area contributed by atoms with E-state index in [0.717, 1.165) is 66.3 Å². The van der Waals surface area contributed by atoms with Crippen molar-refractivity contribution in [2.75, 3.05) is 0 Å². The molecule has 2 aromatic heterocycles. The smallest absolute Gasteiger partial charge is 0.164 e. The number of aromatic nitrogens is 3. The highest BCUT2D eigenvalue weighted by Gasteiger charge is 2.19. The molecule has 11 aromatic rings. The molecule has 0 aliphatic rings. The van der Waals surface area contributed by atoms with Crippen molar-refractivity contribution < 1.29 is 4.42 Å². The zero-order valence-corrected chi connectivity index (χ0v) is 30.8. The normalized spacial score (nSPS) is 11.5. The van der Waals surface area contributed by atoms with Crippen LogP contribution in [-0.2, 0) is 0 Å². The summed E-state index contributed by atoms with van der Waals surface area (Å²) in [5.74, 6) is 1.91. The maximum absolute atomic E-state index is 6.73. The second-order valence-electron chi connectivity index (χ2n) is 14.4. The minimum atomic E-state index is 0.629. The van der Waals surface area contributed by atoms with Gasteiger partial charge in [0.25, 0.3) is 0 Å². The van der Waals surface area contributed by atoms with E-state index in [1.54, 1.807) is 0 Å². The molecule has 266 valence electrons. The lowest BCUT2D eigenvalue weighted by Crippen LogP contribution is -2.00. The summed E-state index contributed by atoms with van der Waals surface area (Å²) in [7, 11) is 0. The van der Waals surface area contributed by atoms with E-state index in [1.165, 1.54) is 27.3 Å². The minimum absolute atomic E-state index is 0.629. The number of benzene rings is 9. The van der Waals surface area contributed by atoms with E-state index in [1.807, 2.05) is 60.7 Å². The topological polar surface area (TPSA) is 51.8 Å². The molecule has 11 rings (SSSR count). The molecule has 57 heavy (non-hydrogen) atoms. The van der Waals surface area contributed by atoms with Gasteiger partial charge in [-0.15, -0.1) is 0 Å². The summed E-state index contributed by atoms with van der Waals surface area (Å²) in [5.41, 5.74) is 11.4. The highest BCUT2D eigenvalue weighted by molar-refractivity contribution is 6.22. The van der Waals surface area contributed by atoms with E-state index in [9.17, 15) is 0 Å². The molecule has 0 saturated heterocycles. The molecule has 0 aliphatic heterocycles. The number of hydrogen-bond acceptors (Lipinski definition) is 4. The Morgan fingerprint density at radius 1 is 0.298 bits per heavy atom. The van der Waals surface area contributed by atoms with Gasteiger partial charge >= 0.3 is 0 Å². The summed E-state index contributed by atoms with van der Waals surface area (Å²) >= 11 is 0. The van der Waals surface area contributed by atoms with E-state index >= 15 is 0 Å². The molecule has 0 aliphatic carbocycles. The summed E-state index contributed by atoms with van der Waals surface area (Å²) < 4.78 is 6.73. The van der Waals surface area contributed by atoms with Crippen molar-refractivity contribution in [1.29, 1.82) is 0 Å². The van der Waals surface area contributed by atoms with Crippen molar-refractivity contribution in [3.8, 4) is 67.5 Å². The van der Waals surface area contributed by atoms with Gasteiger partial charge in [-0.25, -0.2) is 15.0 Å². The van der Waals surface area contributed by atoms with Gasteiger partial charge in [-0.05, 0) is 79.9 Å². The lowest BCUT2D eigenvalue weighted by Gasteiger charge is -2.11. The molecular formula is C53H33N3O. The Bertz CT molecular complexity index is 3240. The van der Waals surface area contributed by atoms with E-state index in [-0.39, 0.29) is 0 Å². The Labute approximate surface area is 329 Å². The fourth-order valence-corrected chi connectivity index (χ4v) is 8.13. The van der Waals surface area contributed by atoms with Crippen LogP contribution in [0.5, 0.6) is 0 Å². The molecule has 0 saturated carbocycles. The van der Waals surface area contributed by atoms with Gasteiger partial charge in [0.1, 0.15) is 11.2 Å². The van der Waals surface area contributed by atoms with Crippen molar-refractivity contribution in [3.63, 3.8) is 0 Å². The van der Waals surface area contributed by atoms with Crippen molar-refractivity contribution in [3.05, 3.63) is 200 Å². The fourth-order valence-electron chi connectivity index (χ4n) is 8.13. The number of nitrogens with zero attached hydrogens (tertiary/aromatic N) is 3. The predicted octanol–water partition coefficient (Wildman–Crippen LogP) is 14.1. The predicted molar refractivity (Wildman–Crippen MR) is 235 cm³/mol. The summed E-state index contributed by atoms with van der Waals surface area (Å²) in [6, 6.07) is 70.0. The quantitative estimate of drug-likeness (QED) is 0.171. The Morgan fingerprint density at radius 2 is 0.825 bits per heavy atom.